The number of hydrogen-bond donors (Lipinski definition) is 1. The lowest BCUT2D eigenvalue weighted by Crippen LogP contribution is -2.16. The predicted molar refractivity (Wildman–Crippen MR) is 99.5 cm³/mol. The van der Waals surface area contributed by atoms with Gasteiger partial charge < -0.3 is 14.8 Å². The van der Waals surface area contributed by atoms with Gasteiger partial charge in [0.05, 0.1) is 6.10 Å². The molecule has 1 aliphatic rings. The number of carbonyl (C=O) groups is 2. The number of ketones is 1. The first-order valence-electron chi connectivity index (χ1n) is 8.93. The molecule has 2 aromatic rings. The Balaban J connectivity index is 1.46. The molecule has 26 heavy (non-hydrogen) atoms. The van der Waals surface area contributed by atoms with Crippen molar-refractivity contribution in [1.29, 1.82) is 0 Å². The van der Waals surface area contributed by atoms with Gasteiger partial charge in [0, 0.05) is 36.8 Å². The van der Waals surface area contributed by atoms with Crippen molar-refractivity contribution in [2.24, 2.45) is 0 Å². The Morgan fingerprint density at radius 1 is 1.08 bits per heavy atom. The van der Waals surface area contributed by atoms with Crippen LogP contribution >= 0.6 is 0 Å². The largest absolute Gasteiger partial charge is 0.491 e. The number of Topliss-reactive ketones (excluding diaryl/α,β-unsaturated/α-hetero) is 1. The Labute approximate surface area is 153 Å². The summed E-state index contributed by atoms with van der Waals surface area (Å²) in [5, 5.41) is 2.81. The van der Waals surface area contributed by atoms with E-state index >= 15 is 0 Å². The summed E-state index contributed by atoms with van der Waals surface area (Å²) in [6, 6.07) is 16.3. The first-order chi connectivity index (χ1) is 12.7. The minimum absolute atomic E-state index is 0.0330. The van der Waals surface area contributed by atoms with Crippen molar-refractivity contribution in [1.82, 2.24) is 0 Å². The molecule has 1 N–H and O–H groups in total. The minimum atomic E-state index is -0.189. The van der Waals surface area contributed by atoms with E-state index in [-0.39, 0.29) is 30.6 Å². The number of anilines is 1. The number of nitrogens with one attached hydrogen (secondary N) is 1. The third-order valence-electron chi connectivity index (χ3n) is 4.25. The standard InChI is InChI=1S/C21H23NO4/c23-20(16-6-2-1-3-7-16)11-12-21(24)22-17-8-4-9-18(14-17)26-15-19-10-5-13-25-19/h1-4,6-9,14,19H,5,10-13,15H2,(H,22,24). The number of hydrogen-bond acceptors (Lipinski definition) is 4. The maximum absolute atomic E-state index is 12.1. The van der Waals surface area contributed by atoms with Crippen LogP contribution in [0.3, 0.4) is 0 Å². The maximum atomic E-state index is 12.1. The van der Waals surface area contributed by atoms with Crippen LogP contribution in [0, 0.1) is 0 Å². The molecule has 5 nitrogen and oxygen atoms in total. The Bertz CT molecular complexity index is 739. The van der Waals surface area contributed by atoms with Crippen LogP contribution < -0.4 is 10.1 Å². The summed E-state index contributed by atoms with van der Waals surface area (Å²) in [4.78, 5) is 24.2. The molecule has 1 atom stereocenters. The Morgan fingerprint density at radius 2 is 1.92 bits per heavy atom. The second kappa shape index (κ2) is 9.15. The van der Waals surface area contributed by atoms with Crippen LogP contribution in [0.2, 0.25) is 0 Å². The van der Waals surface area contributed by atoms with Crippen LogP contribution in [0.5, 0.6) is 5.75 Å². The van der Waals surface area contributed by atoms with Gasteiger partial charge in [-0.3, -0.25) is 9.59 Å². The lowest BCUT2D eigenvalue weighted by Gasteiger charge is -2.12. The summed E-state index contributed by atoms with van der Waals surface area (Å²) in [6.45, 7) is 1.31. The zero-order chi connectivity index (χ0) is 18.2. The average molecular weight is 353 g/mol. The van der Waals surface area contributed by atoms with Gasteiger partial charge in [-0.25, -0.2) is 0 Å². The summed E-state index contributed by atoms with van der Waals surface area (Å²) >= 11 is 0. The van der Waals surface area contributed by atoms with E-state index in [2.05, 4.69) is 5.32 Å². The number of ether oxygens (including phenoxy) is 2. The van der Waals surface area contributed by atoms with Gasteiger partial charge in [0.15, 0.2) is 5.78 Å². The van der Waals surface area contributed by atoms with E-state index in [1.165, 1.54) is 0 Å². The third kappa shape index (κ3) is 5.43. The summed E-state index contributed by atoms with van der Waals surface area (Å²) in [5.41, 5.74) is 1.29. The fourth-order valence-corrected chi connectivity index (χ4v) is 2.85. The maximum Gasteiger partial charge on any atom is 0.224 e. The second-order valence-electron chi connectivity index (χ2n) is 6.31. The first-order valence-corrected chi connectivity index (χ1v) is 8.93. The van der Waals surface area contributed by atoms with Gasteiger partial charge in [0.25, 0.3) is 0 Å². The quantitative estimate of drug-likeness (QED) is 0.732. The van der Waals surface area contributed by atoms with Gasteiger partial charge in [-0.05, 0) is 25.0 Å². The highest BCUT2D eigenvalue weighted by Gasteiger charge is 2.16. The molecule has 136 valence electrons. The SMILES string of the molecule is O=C(CCC(=O)c1ccccc1)Nc1cccc(OCC2CCCO2)c1. The smallest absolute Gasteiger partial charge is 0.224 e. The lowest BCUT2D eigenvalue weighted by molar-refractivity contribution is -0.116. The molecule has 0 saturated carbocycles. The lowest BCUT2D eigenvalue weighted by atomic mass is 10.1. The molecule has 2 aromatic carbocycles. The second-order valence-corrected chi connectivity index (χ2v) is 6.31. The van der Waals surface area contributed by atoms with Crippen molar-refractivity contribution in [3.05, 3.63) is 60.2 Å². The molecule has 1 amide bonds. The summed E-state index contributed by atoms with van der Waals surface area (Å²) in [7, 11) is 0. The normalized spacial score (nSPS) is 16.2. The molecular weight excluding hydrogens is 330 g/mol. The van der Waals surface area contributed by atoms with Crippen LogP contribution in [0.25, 0.3) is 0 Å². The fraction of sp³-hybridized carbons (Fsp3) is 0.333. The van der Waals surface area contributed by atoms with Crippen molar-refractivity contribution >= 4 is 17.4 Å². The molecule has 1 saturated heterocycles. The molecule has 0 aliphatic carbocycles. The molecule has 0 aromatic heterocycles. The van der Waals surface area contributed by atoms with Gasteiger partial charge in [-0.15, -0.1) is 0 Å². The summed E-state index contributed by atoms with van der Waals surface area (Å²) < 4.78 is 11.3. The molecule has 1 aliphatic heterocycles. The fourth-order valence-electron chi connectivity index (χ4n) is 2.85. The van der Waals surface area contributed by atoms with Crippen molar-refractivity contribution in [3.8, 4) is 5.75 Å². The van der Waals surface area contributed by atoms with Crippen LogP contribution in [-0.2, 0) is 9.53 Å². The van der Waals surface area contributed by atoms with Crippen molar-refractivity contribution < 1.29 is 19.1 Å². The van der Waals surface area contributed by atoms with E-state index in [1.54, 1.807) is 24.3 Å². The van der Waals surface area contributed by atoms with E-state index in [4.69, 9.17) is 9.47 Å². The van der Waals surface area contributed by atoms with E-state index in [1.807, 2.05) is 30.3 Å². The van der Waals surface area contributed by atoms with Gasteiger partial charge in [-0.2, -0.15) is 0 Å². The van der Waals surface area contributed by atoms with E-state index < -0.39 is 0 Å². The highest BCUT2D eigenvalue weighted by molar-refractivity contribution is 6.00. The van der Waals surface area contributed by atoms with Gasteiger partial charge >= 0.3 is 0 Å². The van der Waals surface area contributed by atoms with E-state index in [9.17, 15) is 9.59 Å². The molecule has 5 heteroatoms. The highest BCUT2D eigenvalue weighted by atomic mass is 16.5. The number of rotatable bonds is 8. The van der Waals surface area contributed by atoms with Crippen molar-refractivity contribution in [3.63, 3.8) is 0 Å². The van der Waals surface area contributed by atoms with Crippen LogP contribution in [0.15, 0.2) is 54.6 Å². The van der Waals surface area contributed by atoms with Crippen LogP contribution in [-0.4, -0.2) is 31.0 Å². The van der Waals surface area contributed by atoms with Gasteiger partial charge in [-0.1, -0.05) is 36.4 Å². The molecule has 0 spiro atoms. The monoisotopic (exact) mass is 353 g/mol. The van der Waals surface area contributed by atoms with E-state index in [0.717, 1.165) is 19.4 Å². The Morgan fingerprint density at radius 3 is 2.69 bits per heavy atom. The summed E-state index contributed by atoms with van der Waals surface area (Å²) in [5.74, 6) is 0.471. The first kappa shape index (κ1) is 18.1. The molecular formula is C21H23NO4. The Kier molecular flexibility index (Phi) is 6.39. The highest BCUT2D eigenvalue weighted by Crippen LogP contribution is 2.20. The Hall–Kier alpha value is -2.66. The third-order valence-corrected chi connectivity index (χ3v) is 4.25. The molecule has 1 heterocycles. The number of benzene rings is 2. The zero-order valence-electron chi connectivity index (χ0n) is 14.6. The van der Waals surface area contributed by atoms with Gasteiger partial charge in [0.2, 0.25) is 5.91 Å². The topological polar surface area (TPSA) is 64.6 Å². The molecule has 1 fully saturated rings. The summed E-state index contributed by atoms with van der Waals surface area (Å²) in [6.07, 6.45) is 2.58. The zero-order valence-corrected chi connectivity index (χ0v) is 14.6. The average Bonchev–Trinajstić information content (AvgIpc) is 3.19. The number of carbonyl (C=O) groups excluding carboxylic acids is 2. The predicted octanol–water partition coefficient (Wildman–Crippen LogP) is 3.85. The molecule has 0 bridgehead atoms. The van der Waals surface area contributed by atoms with Crippen LogP contribution in [0.4, 0.5) is 5.69 Å². The molecule has 1 unspecified atom stereocenters. The van der Waals surface area contributed by atoms with Gasteiger partial charge in [0.1, 0.15) is 12.4 Å². The van der Waals surface area contributed by atoms with Crippen molar-refractivity contribution in [2.45, 2.75) is 31.8 Å². The van der Waals surface area contributed by atoms with Crippen molar-refractivity contribution in [2.75, 3.05) is 18.5 Å². The van der Waals surface area contributed by atoms with E-state index in [0.29, 0.717) is 23.6 Å². The molecule has 0 radical (unpaired) electrons. The molecule has 3 rings (SSSR count). The minimum Gasteiger partial charge on any atom is -0.491 e. The van der Waals surface area contributed by atoms with Crippen LogP contribution in [0.1, 0.15) is 36.0 Å². The number of amides is 1.